The minimum absolute atomic E-state index is 0.305. The van der Waals surface area contributed by atoms with E-state index in [0.717, 1.165) is 18.4 Å². The van der Waals surface area contributed by atoms with Crippen molar-refractivity contribution in [2.45, 2.75) is 52.7 Å². The SMILES string of the molecule is CCCC(C)C(O)c1cnn(C(C)C)c1. The number of aliphatic hydroxyl groups is 1. The third-order valence-corrected chi connectivity index (χ3v) is 2.78. The number of rotatable bonds is 5. The number of aromatic nitrogens is 2. The highest BCUT2D eigenvalue weighted by Crippen LogP contribution is 2.25. The van der Waals surface area contributed by atoms with Crippen molar-refractivity contribution in [1.82, 2.24) is 9.78 Å². The van der Waals surface area contributed by atoms with Gasteiger partial charge in [0.05, 0.1) is 12.3 Å². The molecule has 0 aromatic carbocycles. The first-order valence-corrected chi connectivity index (χ1v) is 5.78. The second-order valence-electron chi connectivity index (χ2n) is 4.56. The van der Waals surface area contributed by atoms with Gasteiger partial charge in [-0.25, -0.2) is 0 Å². The highest BCUT2D eigenvalue weighted by molar-refractivity contribution is 5.09. The molecule has 1 aromatic rings. The van der Waals surface area contributed by atoms with Crippen LogP contribution in [-0.2, 0) is 0 Å². The fourth-order valence-electron chi connectivity index (χ4n) is 1.73. The van der Waals surface area contributed by atoms with Crippen LogP contribution in [0.3, 0.4) is 0 Å². The first kappa shape index (κ1) is 12.2. The normalized spacial score (nSPS) is 15.6. The van der Waals surface area contributed by atoms with Gasteiger partial charge in [0.1, 0.15) is 0 Å². The zero-order valence-corrected chi connectivity index (χ0v) is 10.1. The van der Waals surface area contributed by atoms with Gasteiger partial charge in [-0.3, -0.25) is 4.68 Å². The summed E-state index contributed by atoms with van der Waals surface area (Å²) in [5, 5.41) is 14.3. The Bertz CT molecular complexity index is 294. The average molecular weight is 210 g/mol. The number of hydrogen-bond donors (Lipinski definition) is 1. The van der Waals surface area contributed by atoms with E-state index in [1.807, 2.05) is 10.9 Å². The third kappa shape index (κ3) is 3.06. The molecule has 0 spiro atoms. The summed E-state index contributed by atoms with van der Waals surface area (Å²) in [6, 6.07) is 0.354. The minimum Gasteiger partial charge on any atom is -0.388 e. The number of aliphatic hydroxyl groups excluding tert-OH is 1. The molecule has 1 N–H and O–H groups in total. The molecule has 0 radical (unpaired) electrons. The Morgan fingerprint density at radius 2 is 2.07 bits per heavy atom. The standard InChI is InChI=1S/C12H22N2O/c1-5-6-10(4)12(15)11-7-13-14(8-11)9(2)3/h7-10,12,15H,5-6H2,1-4H3. The maximum absolute atomic E-state index is 10.1. The predicted molar refractivity (Wildman–Crippen MR) is 61.6 cm³/mol. The summed E-state index contributed by atoms with van der Waals surface area (Å²) < 4.78 is 1.89. The van der Waals surface area contributed by atoms with E-state index in [0.29, 0.717) is 12.0 Å². The third-order valence-electron chi connectivity index (χ3n) is 2.78. The van der Waals surface area contributed by atoms with Gasteiger partial charge in [0.2, 0.25) is 0 Å². The largest absolute Gasteiger partial charge is 0.388 e. The van der Waals surface area contributed by atoms with E-state index in [1.165, 1.54) is 0 Å². The van der Waals surface area contributed by atoms with Crippen LogP contribution in [0.2, 0.25) is 0 Å². The van der Waals surface area contributed by atoms with E-state index in [1.54, 1.807) is 6.20 Å². The second-order valence-corrected chi connectivity index (χ2v) is 4.56. The molecule has 0 aliphatic carbocycles. The first-order chi connectivity index (χ1) is 7.06. The molecule has 2 unspecified atom stereocenters. The molecule has 0 amide bonds. The van der Waals surface area contributed by atoms with Crippen molar-refractivity contribution >= 4 is 0 Å². The molecule has 1 rings (SSSR count). The highest BCUT2D eigenvalue weighted by atomic mass is 16.3. The minimum atomic E-state index is -0.377. The van der Waals surface area contributed by atoms with E-state index < -0.39 is 0 Å². The van der Waals surface area contributed by atoms with Gasteiger partial charge in [0, 0.05) is 17.8 Å². The molecule has 0 saturated carbocycles. The zero-order valence-electron chi connectivity index (χ0n) is 10.1. The monoisotopic (exact) mass is 210 g/mol. The van der Waals surface area contributed by atoms with Crippen LogP contribution in [0.5, 0.6) is 0 Å². The van der Waals surface area contributed by atoms with E-state index in [2.05, 4.69) is 32.8 Å². The smallest absolute Gasteiger partial charge is 0.0846 e. The molecule has 0 aliphatic rings. The fourth-order valence-corrected chi connectivity index (χ4v) is 1.73. The van der Waals surface area contributed by atoms with Crippen molar-refractivity contribution in [3.8, 4) is 0 Å². The predicted octanol–water partition coefficient (Wildman–Crippen LogP) is 2.93. The maximum atomic E-state index is 10.1. The molecule has 3 heteroatoms. The lowest BCUT2D eigenvalue weighted by atomic mass is 9.96. The Hall–Kier alpha value is -0.830. The lowest BCUT2D eigenvalue weighted by Crippen LogP contribution is -2.08. The van der Waals surface area contributed by atoms with E-state index in [9.17, 15) is 5.11 Å². The Morgan fingerprint density at radius 3 is 2.53 bits per heavy atom. The molecule has 0 bridgehead atoms. The summed E-state index contributed by atoms with van der Waals surface area (Å²) in [6.07, 6.45) is 5.50. The molecule has 1 aromatic heterocycles. The highest BCUT2D eigenvalue weighted by Gasteiger charge is 2.17. The van der Waals surface area contributed by atoms with Crippen LogP contribution in [0.15, 0.2) is 12.4 Å². The number of nitrogens with zero attached hydrogens (tertiary/aromatic N) is 2. The van der Waals surface area contributed by atoms with Crippen molar-refractivity contribution in [2.75, 3.05) is 0 Å². The molecule has 3 nitrogen and oxygen atoms in total. The van der Waals surface area contributed by atoms with Gasteiger partial charge in [-0.05, 0) is 26.2 Å². The summed E-state index contributed by atoms with van der Waals surface area (Å²) >= 11 is 0. The van der Waals surface area contributed by atoms with Crippen molar-refractivity contribution in [3.05, 3.63) is 18.0 Å². The first-order valence-electron chi connectivity index (χ1n) is 5.78. The van der Waals surface area contributed by atoms with Crippen LogP contribution in [0.25, 0.3) is 0 Å². The molecule has 86 valence electrons. The Morgan fingerprint density at radius 1 is 1.40 bits per heavy atom. The van der Waals surface area contributed by atoms with Crippen LogP contribution < -0.4 is 0 Å². The van der Waals surface area contributed by atoms with Crippen molar-refractivity contribution < 1.29 is 5.11 Å². The Kier molecular flexibility index (Phi) is 4.33. The topological polar surface area (TPSA) is 38.1 Å². The van der Waals surface area contributed by atoms with Gasteiger partial charge >= 0.3 is 0 Å². The maximum Gasteiger partial charge on any atom is 0.0846 e. The average Bonchev–Trinajstić information content (AvgIpc) is 2.65. The molecular formula is C12H22N2O. The van der Waals surface area contributed by atoms with Gasteiger partial charge in [-0.1, -0.05) is 20.3 Å². The van der Waals surface area contributed by atoms with Crippen LogP contribution in [0, 0.1) is 5.92 Å². The van der Waals surface area contributed by atoms with Crippen LogP contribution in [0.1, 0.15) is 58.2 Å². The van der Waals surface area contributed by atoms with Gasteiger partial charge < -0.3 is 5.11 Å². The molecule has 0 saturated heterocycles. The zero-order chi connectivity index (χ0) is 11.4. The van der Waals surface area contributed by atoms with Crippen molar-refractivity contribution in [2.24, 2.45) is 5.92 Å². The number of hydrogen-bond acceptors (Lipinski definition) is 2. The van der Waals surface area contributed by atoms with Gasteiger partial charge in [0.25, 0.3) is 0 Å². The Labute approximate surface area is 92.1 Å². The Balaban J connectivity index is 2.69. The van der Waals surface area contributed by atoms with Gasteiger partial charge in [-0.15, -0.1) is 0 Å². The van der Waals surface area contributed by atoms with Gasteiger partial charge in [0.15, 0.2) is 0 Å². The lowest BCUT2D eigenvalue weighted by Gasteiger charge is -2.16. The molecule has 15 heavy (non-hydrogen) atoms. The summed E-state index contributed by atoms with van der Waals surface area (Å²) in [6.45, 7) is 8.39. The van der Waals surface area contributed by atoms with Crippen LogP contribution in [-0.4, -0.2) is 14.9 Å². The van der Waals surface area contributed by atoms with Crippen molar-refractivity contribution in [1.29, 1.82) is 0 Å². The quantitative estimate of drug-likeness (QED) is 0.811. The molecule has 1 heterocycles. The summed E-state index contributed by atoms with van der Waals surface area (Å²) in [5.74, 6) is 0.305. The van der Waals surface area contributed by atoms with Crippen LogP contribution in [0.4, 0.5) is 0 Å². The fraction of sp³-hybridized carbons (Fsp3) is 0.750. The van der Waals surface area contributed by atoms with E-state index >= 15 is 0 Å². The summed E-state index contributed by atoms with van der Waals surface area (Å²) in [4.78, 5) is 0. The van der Waals surface area contributed by atoms with E-state index in [-0.39, 0.29) is 6.10 Å². The molecular weight excluding hydrogens is 188 g/mol. The van der Waals surface area contributed by atoms with Gasteiger partial charge in [-0.2, -0.15) is 5.10 Å². The van der Waals surface area contributed by atoms with E-state index in [4.69, 9.17) is 0 Å². The van der Waals surface area contributed by atoms with Crippen LogP contribution >= 0.6 is 0 Å². The summed E-state index contributed by atoms with van der Waals surface area (Å²) in [7, 11) is 0. The lowest BCUT2D eigenvalue weighted by molar-refractivity contribution is 0.112. The molecule has 0 fully saturated rings. The molecule has 2 atom stereocenters. The second kappa shape index (κ2) is 5.31. The molecule has 0 aliphatic heterocycles. The van der Waals surface area contributed by atoms with Crippen molar-refractivity contribution in [3.63, 3.8) is 0 Å². The summed E-state index contributed by atoms with van der Waals surface area (Å²) in [5.41, 5.74) is 0.935.